The first kappa shape index (κ1) is 15.6. The van der Waals surface area contributed by atoms with Crippen molar-refractivity contribution in [1.29, 1.82) is 0 Å². The summed E-state index contributed by atoms with van der Waals surface area (Å²) in [5.41, 5.74) is 0.340. The van der Waals surface area contributed by atoms with Crippen molar-refractivity contribution in [3.8, 4) is 0 Å². The van der Waals surface area contributed by atoms with Crippen molar-refractivity contribution < 1.29 is 4.74 Å². The van der Waals surface area contributed by atoms with Crippen LogP contribution in [-0.4, -0.2) is 61.3 Å². The minimum Gasteiger partial charge on any atom is -0.381 e. The van der Waals surface area contributed by atoms with Gasteiger partial charge >= 0.3 is 0 Å². The lowest BCUT2D eigenvalue weighted by molar-refractivity contribution is -0.0265. The molecule has 2 fully saturated rings. The SMILES string of the molecule is CCNCC1(CN2CCSC(C)(C)C2)CCCOC1. The van der Waals surface area contributed by atoms with Crippen LogP contribution >= 0.6 is 11.8 Å². The second-order valence-electron chi connectivity index (χ2n) is 6.76. The van der Waals surface area contributed by atoms with E-state index in [0.717, 1.165) is 26.3 Å². The zero-order chi connectivity index (χ0) is 13.8. The van der Waals surface area contributed by atoms with Gasteiger partial charge < -0.3 is 15.0 Å². The van der Waals surface area contributed by atoms with E-state index in [-0.39, 0.29) is 0 Å². The Kier molecular flexibility index (Phi) is 5.58. The molecule has 2 aliphatic heterocycles. The van der Waals surface area contributed by atoms with Gasteiger partial charge in [-0.25, -0.2) is 0 Å². The third-order valence-electron chi connectivity index (χ3n) is 4.22. The molecular formula is C15H30N2OS. The number of nitrogens with zero attached hydrogens (tertiary/aromatic N) is 1. The van der Waals surface area contributed by atoms with Gasteiger partial charge in [-0.3, -0.25) is 0 Å². The molecule has 0 aromatic carbocycles. The summed E-state index contributed by atoms with van der Waals surface area (Å²) in [6.45, 7) is 14.6. The summed E-state index contributed by atoms with van der Waals surface area (Å²) in [6, 6.07) is 0. The molecule has 0 aromatic heterocycles. The molecule has 1 unspecified atom stereocenters. The van der Waals surface area contributed by atoms with Crippen molar-refractivity contribution in [3.05, 3.63) is 0 Å². The second-order valence-corrected chi connectivity index (χ2v) is 8.56. The fraction of sp³-hybridized carbons (Fsp3) is 1.00. The molecule has 2 saturated heterocycles. The van der Waals surface area contributed by atoms with E-state index in [1.807, 2.05) is 0 Å². The molecular weight excluding hydrogens is 256 g/mol. The molecule has 0 radical (unpaired) electrons. The minimum absolute atomic E-state index is 0.340. The van der Waals surface area contributed by atoms with Crippen LogP contribution in [0.5, 0.6) is 0 Å². The van der Waals surface area contributed by atoms with Crippen molar-refractivity contribution >= 4 is 11.8 Å². The lowest BCUT2D eigenvalue weighted by Crippen LogP contribution is -2.53. The van der Waals surface area contributed by atoms with Crippen LogP contribution in [0.1, 0.15) is 33.6 Å². The molecule has 1 atom stereocenters. The smallest absolute Gasteiger partial charge is 0.0546 e. The zero-order valence-corrected chi connectivity index (χ0v) is 13.7. The normalized spacial score (nSPS) is 32.4. The van der Waals surface area contributed by atoms with E-state index in [1.165, 1.54) is 38.2 Å². The lowest BCUT2D eigenvalue weighted by atomic mass is 9.81. The number of thioether (sulfide) groups is 1. The largest absolute Gasteiger partial charge is 0.381 e. The first-order chi connectivity index (χ1) is 9.05. The molecule has 0 aromatic rings. The maximum Gasteiger partial charge on any atom is 0.0546 e. The number of hydrogen-bond acceptors (Lipinski definition) is 4. The van der Waals surface area contributed by atoms with Crippen molar-refractivity contribution in [2.24, 2.45) is 5.41 Å². The Bertz CT molecular complexity index is 277. The van der Waals surface area contributed by atoms with Crippen molar-refractivity contribution in [3.63, 3.8) is 0 Å². The second kappa shape index (κ2) is 6.79. The fourth-order valence-electron chi connectivity index (χ4n) is 3.34. The molecule has 19 heavy (non-hydrogen) atoms. The van der Waals surface area contributed by atoms with E-state index in [2.05, 4.69) is 42.7 Å². The van der Waals surface area contributed by atoms with Crippen LogP contribution in [0.25, 0.3) is 0 Å². The molecule has 0 aliphatic carbocycles. The lowest BCUT2D eigenvalue weighted by Gasteiger charge is -2.45. The van der Waals surface area contributed by atoms with Crippen LogP contribution in [0.3, 0.4) is 0 Å². The molecule has 4 heteroatoms. The number of hydrogen-bond donors (Lipinski definition) is 1. The molecule has 0 saturated carbocycles. The van der Waals surface area contributed by atoms with Gasteiger partial charge in [0.15, 0.2) is 0 Å². The highest BCUT2D eigenvalue weighted by atomic mass is 32.2. The molecule has 3 nitrogen and oxygen atoms in total. The van der Waals surface area contributed by atoms with E-state index in [9.17, 15) is 0 Å². The van der Waals surface area contributed by atoms with E-state index < -0.39 is 0 Å². The van der Waals surface area contributed by atoms with Crippen LogP contribution in [0.2, 0.25) is 0 Å². The maximum absolute atomic E-state index is 5.80. The number of ether oxygens (including phenoxy) is 1. The quantitative estimate of drug-likeness (QED) is 0.837. The van der Waals surface area contributed by atoms with Gasteiger partial charge in [-0.1, -0.05) is 6.92 Å². The molecule has 112 valence electrons. The standard InChI is InChI=1S/C15H30N2OS/c1-4-16-10-15(6-5-8-18-13-15)12-17-7-9-19-14(2,3)11-17/h16H,4-13H2,1-3H3. The molecule has 2 heterocycles. The van der Waals surface area contributed by atoms with Crippen LogP contribution in [-0.2, 0) is 4.74 Å². The summed E-state index contributed by atoms with van der Waals surface area (Å²) in [5.74, 6) is 1.27. The van der Waals surface area contributed by atoms with E-state index >= 15 is 0 Å². The zero-order valence-electron chi connectivity index (χ0n) is 12.8. The Morgan fingerprint density at radius 3 is 2.84 bits per heavy atom. The Hall–Kier alpha value is 0.230. The van der Waals surface area contributed by atoms with Gasteiger partial charge in [-0.15, -0.1) is 0 Å². The molecule has 2 aliphatic rings. The topological polar surface area (TPSA) is 24.5 Å². The highest BCUT2D eigenvalue weighted by Gasteiger charge is 2.37. The van der Waals surface area contributed by atoms with Gasteiger partial charge in [-0.05, 0) is 33.2 Å². The monoisotopic (exact) mass is 286 g/mol. The summed E-state index contributed by atoms with van der Waals surface area (Å²) >= 11 is 2.11. The van der Waals surface area contributed by atoms with E-state index in [0.29, 0.717) is 10.2 Å². The van der Waals surface area contributed by atoms with Crippen LogP contribution in [0.15, 0.2) is 0 Å². The number of nitrogens with one attached hydrogen (secondary N) is 1. The van der Waals surface area contributed by atoms with Gasteiger partial charge in [0, 0.05) is 48.7 Å². The highest BCUT2D eigenvalue weighted by Crippen LogP contribution is 2.34. The summed E-state index contributed by atoms with van der Waals surface area (Å²) in [4.78, 5) is 2.67. The van der Waals surface area contributed by atoms with Crippen molar-refractivity contribution in [2.45, 2.75) is 38.4 Å². The summed E-state index contributed by atoms with van der Waals surface area (Å²) in [6.07, 6.45) is 2.53. The fourth-order valence-corrected chi connectivity index (χ4v) is 4.52. The van der Waals surface area contributed by atoms with Gasteiger partial charge in [0.2, 0.25) is 0 Å². The first-order valence-corrected chi connectivity index (χ1v) is 8.69. The first-order valence-electron chi connectivity index (χ1n) is 7.70. The average Bonchev–Trinajstić information content (AvgIpc) is 2.36. The van der Waals surface area contributed by atoms with E-state index in [4.69, 9.17) is 4.74 Å². The van der Waals surface area contributed by atoms with Crippen LogP contribution < -0.4 is 5.32 Å². The molecule has 1 N–H and O–H groups in total. The van der Waals surface area contributed by atoms with Crippen LogP contribution in [0.4, 0.5) is 0 Å². The third-order valence-corrected chi connectivity index (χ3v) is 5.52. The van der Waals surface area contributed by atoms with Crippen molar-refractivity contribution in [1.82, 2.24) is 10.2 Å². The Morgan fingerprint density at radius 1 is 1.37 bits per heavy atom. The summed E-state index contributed by atoms with van der Waals surface area (Å²) in [7, 11) is 0. The summed E-state index contributed by atoms with van der Waals surface area (Å²) in [5, 5.41) is 3.56. The predicted molar refractivity (Wildman–Crippen MR) is 84.0 cm³/mol. The Morgan fingerprint density at radius 2 is 2.21 bits per heavy atom. The van der Waals surface area contributed by atoms with Gasteiger partial charge in [0.1, 0.15) is 0 Å². The Labute approximate surface area is 122 Å². The molecule has 0 bridgehead atoms. The average molecular weight is 286 g/mol. The van der Waals surface area contributed by atoms with Gasteiger partial charge in [-0.2, -0.15) is 11.8 Å². The minimum atomic E-state index is 0.340. The third kappa shape index (κ3) is 4.62. The molecule has 0 spiro atoms. The van der Waals surface area contributed by atoms with Crippen LogP contribution in [0, 0.1) is 5.41 Å². The van der Waals surface area contributed by atoms with Gasteiger partial charge in [0.05, 0.1) is 6.61 Å². The predicted octanol–water partition coefficient (Wildman–Crippen LogP) is 2.22. The highest BCUT2D eigenvalue weighted by molar-refractivity contribution is 8.00. The van der Waals surface area contributed by atoms with E-state index in [1.54, 1.807) is 0 Å². The Balaban J connectivity index is 1.94. The van der Waals surface area contributed by atoms with Crippen molar-refractivity contribution in [2.75, 3.05) is 51.7 Å². The maximum atomic E-state index is 5.80. The number of rotatable bonds is 5. The van der Waals surface area contributed by atoms with Gasteiger partial charge in [0.25, 0.3) is 0 Å². The molecule has 0 amide bonds. The summed E-state index contributed by atoms with van der Waals surface area (Å²) < 4.78 is 6.21. The molecule has 2 rings (SSSR count).